The Bertz CT molecular complexity index is 3900. The van der Waals surface area contributed by atoms with Crippen LogP contribution in [-0.4, -0.2) is 19.5 Å². The number of aromatic amines is 1. The molecule has 0 unspecified atom stereocenters. The predicted octanol–water partition coefficient (Wildman–Crippen LogP) is 16.1. The number of hydrogen-bond acceptors (Lipinski definition) is 3. The highest BCUT2D eigenvalue weighted by Crippen LogP contribution is 2.41. The van der Waals surface area contributed by atoms with Crippen molar-refractivity contribution in [3.05, 3.63) is 199 Å². The Morgan fingerprint density at radius 3 is 1.92 bits per heavy atom. The smallest absolute Gasteiger partial charge is 0.223 e. The van der Waals surface area contributed by atoms with Crippen molar-refractivity contribution < 1.29 is 0 Å². The lowest BCUT2D eigenvalue weighted by Crippen LogP contribution is -1.93. The van der Waals surface area contributed by atoms with Gasteiger partial charge in [0.25, 0.3) is 0 Å². The van der Waals surface area contributed by atoms with Gasteiger partial charge in [0.2, 0.25) is 5.28 Å². The van der Waals surface area contributed by atoms with Gasteiger partial charge in [-0.1, -0.05) is 133 Å². The van der Waals surface area contributed by atoms with Gasteiger partial charge < -0.3 is 9.55 Å². The molecule has 4 nitrogen and oxygen atoms in total. The number of rotatable bonds is 5. The predicted molar refractivity (Wildman–Crippen MR) is 263 cm³/mol. The van der Waals surface area contributed by atoms with Gasteiger partial charge in [-0.25, -0.2) is 9.97 Å². The van der Waals surface area contributed by atoms with Gasteiger partial charge in [0.1, 0.15) is 0 Å². The summed E-state index contributed by atoms with van der Waals surface area (Å²) in [4.78, 5) is 12.8. The first-order chi connectivity index (χ1) is 30.6. The molecule has 0 fully saturated rings. The minimum atomic E-state index is 0.253. The summed E-state index contributed by atoms with van der Waals surface area (Å²) in [6.45, 7) is 0. The maximum absolute atomic E-state index is 6.32. The molecular weight excluding hydrogens is 796 g/mol. The molecule has 6 heteroatoms. The molecule has 4 aromatic heterocycles. The van der Waals surface area contributed by atoms with E-state index in [0.717, 1.165) is 44.4 Å². The van der Waals surface area contributed by atoms with Crippen LogP contribution < -0.4 is 0 Å². The number of nitrogens with zero attached hydrogens (tertiary/aromatic N) is 3. The molecule has 0 atom stereocenters. The van der Waals surface area contributed by atoms with E-state index in [1.807, 2.05) is 35.6 Å². The molecule has 1 N–H and O–H groups in total. The van der Waals surface area contributed by atoms with Crippen LogP contribution in [0.1, 0.15) is 0 Å². The van der Waals surface area contributed by atoms with E-state index in [0.29, 0.717) is 0 Å². The van der Waals surface area contributed by atoms with Crippen LogP contribution in [0.4, 0.5) is 0 Å². The van der Waals surface area contributed by atoms with Gasteiger partial charge in [-0.15, -0.1) is 11.3 Å². The molecule has 4 heterocycles. The fourth-order valence-electron chi connectivity index (χ4n) is 9.58. The largest absolute Gasteiger partial charge is 0.354 e. The highest BCUT2D eigenvalue weighted by atomic mass is 35.5. The highest BCUT2D eigenvalue weighted by molar-refractivity contribution is 7.25. The van der Waals surface area contributed by atoms with E-state index in [1.165, 1.54) is 80.6 Å². The number of halogens is 1. The van der Waals surface area contributed by atoms with Crippen molar-refractivity contribution in [3.8, 4) is 50.3 Å². The van der Waals surface area contributed by atoms with E-state index in [-0.39, 0.29) is 5.28 Å². The number of benzene rings is 9. The fourth-order valence-corrected chi connectivity index (χ4v) is 10.9. The first-order valence-electron chi connectivity index (χ1n) is 20.7. The van der Waals surface area contributed by atoms with Gasteiger partial charge >= 0.3 is 0 Å². The molecule has 0 amide bonds. The molecule has 0 aliphatic heterocycles. The minimum Gasteiger partial charge on any atom is -0.354 e. The van der Waals surface area contributed by atoms with Crippen LogP contribution in [0.3, 0.4) is 0 Å². The molecule has 0 spiro atoms. The summed E-state index contributed by atoms with van der Waals surface area (Å²) in [6, 6.07) is 70.1. The Labute approximate surface area is 364 Å². The number of hydrogen-bond donors (Lipinski definition) is 1. The Morgan fingerprint density at radius 1 is 0.419 bits per heavy atom. The van der Waals surface area contributed by atoms with Crippen LogP contribution in [0.2, 0.25) is 5.28 Å². The summed E-state index contributed by atoms with van der Waals surface area (Å²) in [5, 5.41) is 8.76. The molecule has 0 radical (unpaired) electrons. The number of thiophene rings is 1. The van der Waals surface area contributed by atoms with E-state index in [2.05, 4.69) is 189 Å². The number of aromatic nitrogens is 4. The van der Waals surface area contributed by atoms with E-state index in [4.69, 9.17) is 11.6 Å². The second kappa shape index (κ2) is 13.7. The zero-order valence-electron chi connectivity index (χ0n) is 33.1. The van der Waals surface area contributed by atoms with Gasteiger partial charge in [0.05, 0.1) is 27.8 Å². The van der Waals surface area contributed by atoms with Crippen molar-refractivity contribution in [2.24, 2.45) is 0 Å². The van der Waals surface area contributed by atoms with Gasteiger partial charge in [0, 0.05) is 69.4 Å². The van der Waals surface area contributed by atoms with Crippen molar-refractivity contribution >= 4 is 97.6 Å². The molecule has 290 valence electrons. The van der Waals surface area contributed by atoms with E-state index >= 15 is 0 Å². The lowest BCUT2D eigenvalue weighted by Gasteiger charge is -2.09. The first-order valence-corrected chi connectivity index (χ1v) is 21.9. The molecule has 13 rings (SSSR count). The van der Waals surface area contributed by atoms with Gasteiger partial charge in [-0.05, 0) is 100 Å². The molecular formula is C56H33ClN4S. The van der Waals surface area contributed by atoms with Crippen molar-refractivity contribution in [1.29, 1.82) is 0 Å². The van der Waals surface area contributed by atoms with E-state index in [9.17, 15) is 0 Å². The summed E-state index contributed by atoms with van der Waals surface area (Å²) < 4.78 is 4.94. The molecule has 13 aromatic rings. The third-order valence-electron chi connectivity index (χ3n) is 12.5. The molecule has 0 bridgehead atoms. The minimum absolute atomic E-state index is 0.253. The Balaban J connectivity index is 0.838. The zero-order valence-corrected chi connectivity index (χ0v) is 34.7. The first kappa shape index (κ1) is 35.2. The Hall–Kier alpha value is -7.57. The van der Waals surface area contributed by atoms with Crippen LogP contribution in [-0.2, 0) is 0 Å². The molecule has 9 aromatic carbocycles. The Morgan fingerprint density at radius 2 is 1.08 bits per heavy atom. The van der Waals surface area contributed by atoms with Crippen LogP contribution >= 0.6 is 22.9 Å². The summed E-state index contributed by atoms with van der Waals surface area (Å²) in [5.74, 6) is 0. The Kier molecular flexibility index (Phi) is 7.80. The van der Waals surface area contributed by atoms with Crippen molar-refractivity contribution in [2.45, 2.75) is 0 Å². The lowest BCUT2D eigenvalue weighted by molar-refractivity contribution is 1.19. The van der Waals surface area contributed by atoms with E-state index in [1.54, 1.807) is 0 Å². The van der Waals surface area contributed by atoms with Crippen LogP contribution in [0.25, 0.3) is 125 Å². The SMILES string of the molecule is Clc1nc(-c2ccc(-c3ccc4c(c3)sc3ccc(-c5cccc(-c6cccc7c6[nH]c6ccc(-n8c9ccccc9c9ccccc98)cc67)c5)cc34)cc2)c2ccccc2n1. The maximum Gasteiger partial charge on any atom is 0.223 e. The lowest BCUT2D eigenvalue weighted by atomic mass is 9.96. The van der Waals surface area contributed by atoms with Gasteiger partial charge in [0.15, 0.2) is 0 Å². The number of para-hydroxylation sites is 4. The second-order valence-electron chi connectivity index (χ2n) is 16.0. The van der Waals surface area contributed by atoms with Gasteiger partial charge in [-0.2, -0.15) is 0 Å². The summed E-state index contributed by atoms with van der Waals surface area (Å²) >= 11 is 8.16. The van der Waals surface area contributed by atoms with Gasteiger partial charge in [-0.3, -0.25) is 0 Å². The third-order valence-corrected chi connectivity index (χ3v) is 13.8. The normalized spacial score (nSPS) is 12.0. The summed E-state index contributed by atoms with van der Waals surface area (Å²) in [7, 11) is 0. The highest BCUT2D eigenvalue weighted by Gasteiger charge is 2.16. The maximum atomic E-state index is 6.32. The van der Waals surface area contributed by atoms with Crippen LogP contribution in [0.5, 0.6) is 0 Å². The summed E-state index contributed by atoms with van der Waals surface area (Å²) in [6.07, 6.45) is 0. The van der Waals surface area contributed by atoms with E-state index < -0.39 is 0 Å². The third kappa shape index (κ3) is 5.53. The summed E-state index contributed by atoms with van der Waals surface area (Å²) in [5.41, 5.74) is 15.7. The number of H-pyrrole nitrogens is 1. The van der Waals surface area contributed by atoms with Crippen molar-refractivity contribution in [1.82, 2.24) is 19.5 Å². The van der Waals surface area contributed by atoms with Crippen molar-refractivity contribution in [2.75, 3.05) is 0 Å². The number of fused-ring (bicyclic) bond motifs is 10. The van der Waals surface area contributed by atoms with Crippen molar-refractivity contribution in [3.63, 3.8) is 0 Å². The average molecular weight is 829 g/mol. The molecule has 0 aliphatic rings. The average Bonchev–Trinajstić information content (AvgIpc) is 4.00. The van der Waals surface area contributed by atoms with Crippen LogP contribution in [0, 0.1) is 0 Å². The van der Waals surface area contributed by atoms with Crippen LogP contribution in [0.15, 0.2) is 194 Å². The molecule has 0 aliphatic carbocycles. The monoisotopic (exact) mass is 828 g/mol. The quantitative estimate of drug-likeness (QED) is 0.176. The standard InChI is InChI=1S/C56H33ClN4S/c57-56-59-48-16-4-1-13-45(48)54(60-56)34-21-19-33(20-22-34)37-23-26-43-47-30-36(24-28-52(47)62-53(43)31-37)35-9-7-10-38(29-35)40-14-8-15-44-46-32-39(25-27-49(46)58-55(40)44)61-50-17-5-2-11-41(50)42-12-3-6-18-51(42)61/h1-32,58H. The molecule has 62 heavy (non-hydrogen) atoms. The number of nitrogens with one attached hydrogen (secondary N) is 1. The molecule has 0 saturated carbocycles. The second-order valence-corrected chi connectivity index (χ2v) is 17.4. The topological polar surface area (TPSA) is 46.5 Å². The molecule has 0 saturated heterocycles. The fraction of sp³-hybridized carbons (Fsp3) is 0. The zero-order chi connectivity index (χ0) is 40.9.